The van der Waals surface area contributed by atoms with Crippen molar-refractivity contribution in [2.75, 3.05) is 20.2 Å². The van der Waals surface area contributed by atoms with Crippen molar-refractivity contribution in [3.8, 4) is 5.75 Å². The molecule has 1 aliphatic rings. The summed E-state index contributed by atoms with van der Waals surface area (Å²) in [6, 6.07) is 1.63. The summed E-state index contributed by atoms with van der Waals surface area (Å²) in [5.41, 5.74) is 0.372. The lowest BCUT2D eigenvalue weighted by Crippen LogP contribution is -2.40. The SMILES string of the molecule is COC(=O)c1cncc(OC2CCN([B]C=O)CC2)c1. The molecule has 2 heterocycles. The number of nitrogens with zero attached hydrogens (tertiary/aromatic N) is 2. The van der Waals surface area contributed by atoms with Gasteiger partial charge in [0.15, 0.2) is 0 Å². The number of piperidine rings is 1. The summed E-state index contributed by atoms with van der Waals surface area (Å²) in [6.45, 7) is 1.57. The predicted molar refractivity (Wildman–Crippen MR) is 73.3 cm³/mol. The van der Waals surface area contributed by atoms with Gasteiger partial charge in [0.1, 0.15) is 11.9 Å². The largest absolute Gasteiger partial charge is 0.489 e. The van der Waals surface area contributed by atoms with Crippen molar-refractivity contribution in [2.45, 2.75) is 18.9 Å². The molecule has 105 valence electrons. The lowest BCUT2D eigenvalue weighted by atomic mass is 9.90. The predicted octanol–water partition coefficient (Wildman–Crippen LogP) is 0.521. The fourth-order valence-electron chi connectivity index (χ4n) is 2.13. The van der Waals surface area contributed by atoms with Crippen LogP contribution in [0.5, 0.6) is 5.75 Å². The third kappa shape index (κ3) is 3.80. The lowest BCUT2D eigenvalue weighted by molar-refractivity contribution is 0.0598. The van der Waals surface area contributed by atoms with Crippen LogP contribution in [0.4, 0.5) is 0 Å². The van der Waals surface area contributed by atoms with Crippen LogP contribution in [0.15, 0.2) is 18.5 Å². The van der Waals surface area contributed by atoms with Gasteiger partial charge in [0, 0.05) is 6.20 Å². The van der Waals surface area contributed by atoms with E-state index in [1.54, 1.807) is 19.7 Å². The smallest absolute Gasteiger partial charge is 0.339 e. The third-order valence-corrected chi connectivity index (χ3v) is 3.19. The summed E-state index contributed by atoms with van der Waals surface area (Å²) in [4.78, 5) is 27.7. The van der Waals surface area contributed by atoms with Crippen molar-refractivity contribution >= 4 is 19.6 Å². The molecule has 6 nitrogen and oxygen atoms in total. The summed E-state index contributed by atoms with van der Waals surface area (Å²) in [7, 11) is 2.88. The Balaban J connectivity index is 1.91. The first kappa shape index (κ1) is 14.5. The zero-order valence-electron chi connectivity index (χ0n) is 11.3. The van der Waals surface area contributed by atoms with Crippen LogP contribution in [0, 0.1) is 0 Å². The topological polar surface area (TPSA) is 68.7 Å². The zero-order valence-corrected chi connectivity index (χ0v) is 11.3. The molecule has 1 saturated heterocycles. The third-order valence-electron chi connectivity index (χ3n) is 3.19. The second-order valence-electron chi connectivity index (χ2n) is 4.54. The van der Waals surface area contributed by atoms with Gasteiger partial charge in [0.05, 0.1) is 25.1 Å². The molecule has 7 heteroatoms. The van der Waals surface area contributed by atoms with Crippen molar-refractivity contribution in [2.24, 2.45) is 0 Å². The number of ether oxygens (including phenoxy) is 2. The van der Waals surface area contributed by atoms with Gasteiger partial charge in [-0.25, -0.2) is 4.79 Å². The Kier molecular flexibility index (Phi) is 5.12. The highest BCUT2D eigenvalue weighted by Crippen LogP contribution is 2.19. The number of hydrogen-bond donors (Lipinski definition) is 0. The van der Waals surface area contributed by atoms with E-state index >= 15 is 0 Å². The molecule has 1 aromatic heterocycles. The average Bonchev–Trinajstić information content (AvgIpc) is 2.49. The maximum absolute atomic E-state index is 11.4. The van der Waals surface area contributed by atoms with E-state index in [-0.39, 0.29) is 6.10 Å². The molecule has 0 spiro atoms. The number of aromatic nitrogens is 1. The number of methoxy groups -OCH3 is 1. The molecule has 1 radical (unpaired) electrons. The van der Waals surface area contributed by atoms with Gasteiger partial charge in [0.25, 0.3) is 7.41 Å². The molecule has 1 aromatic rings. The highest BCUT2D eigenvalue weighted by Gasteiger charge is 2.21. The zero-order chi connectivity index (χ0) is 14.4. The van der Waals surface area contributed by atoms with Gasteiger partial charge in [0.2, 0.25) is 0 Å². The highest BCUT2D eigenvalue weighted by atomic mass is 16.5. The Morgan fingerprint density at radius 1 is 1.45 bits per heavy atom. The normalized spacial score (nSPS) is 16.4. The van der Waals surface area contributed by atoms with Gasteiger partial charge >= 0.3 is 5.97 Å². The van der Waals surface area contributed by atoms with Gasteiger partial charge in [-0.15, -0.1) is 0 Å². The minimum atomic E-state index is -0.432. The number of pyridine rings is 1. The maximum Gasteiger partial charge on any atom is 0.339 e. The number of esters is 1. The molecular formula is C13H16BN2O4. The van der Waals surface area contributed by atoms with Crippen LogP contribution < -0.4 is 4.74 Å². The molecule has 0 atom stereocenters. The maximum atomic E-state index is 11.4. The van der Waals surface area contributed by atoms with Crippen LogP contribution in [0.25, 0.3) is 0 Å². The first-order valence-electron chi connectivity index (χ1n) is 6.45. The fraction of sp³-hybridized carbons (Fsp3) is 0.462. The van der Waals surface area contributed by atoms with E-state index in [2.05, 4.69) is 9.72 Å². The number of carbonyl (C=O) groups is 2. The second kappa shape index (κ2) is 7.05. The van der Waals surface area contributed by atoms with Crippen LogP contribution in [-0.2, 0) is 9.53 Å². The van der Waals surface area contributed by atoms with E-state index < -0.39 is 5.97 Å². The van der Waals surface area contributed by atoms with Gasteiger partial charge in [-0.3, -0.25) is 4.98 Å². The van der Waals surface area contributed by atoms with Crippen molar-refractivity contribution in [1.29, 1.82) is 0 Å². The fourth-order valence-corrected chi connectivity index (χ4v) is 2.13. The molecule has 0 N–H and O–H groups in total. The lowest BCUT2D eigenvalue weighted by Gasteiger charge is -2.30. The Morgan fingerprint density at radius 2 is 2.20 bits per heavy atom. The molecule has 0 unspecified atom stereocenters. The molecule has 2 rings (SSSR count). The van der Waals surface area contributed by atoms with Crippen molar-refractivity contribution in [1.82, 2.24) is 9.79 Å². The molecule has 0 amide bonds. The van der Waals surface area contributed by atoms with Crippen LogP contribution in [0.2, 0.25) is 0 Å². The van der Waals surface area contributed by atoms with Gasteiger partial charge in [-0.2, -0.15) is 0 Å². The molecule has 0 aromatic carbocycles. The van der Waals surface area contributed by atoms with E-state index in [9.17, 15) is 9.59 Å². The molecule has 0 saturated carbocycles. The van der Waals surface area contributed by atoms with Gasteiger partial charge in [-0.1, -0.05) is 0 Å². The Bertz CT molecular complexity index is 475. The number of carbonyl (C=O) groups excluding carboxylic acids is 2. The van der Waals surface area contributed by atoms with Crippen LogP contribution in [-0.4, -0.2) is 55.7 Å². The minimum absolute atomic E-state index is 0.0704. The quantitative estimate of drug-likeness (QED) is 0.443. The van der Waals surface area contributed by atoms with Crippen LogP contribution in [0.1, 0.15) is 23.2 Å². The van der Waals surface area contributed by atoms with Crippen LogP contribution in [0.3, 0.4) is 0 Å². The Morgan fingerprint density at radius 3 is 2.85 bits per heavy atom. The van der Waals surface area contributed by atoms with Gasteiger partial charge in [-0.05, 0) is 32.0 Å². The molecule has 20 heavy (non-hydrogen) atoms. The standard InChI is InChI=1S/C13H16BN2O4/c1-19-13(18)10-6-12(8-15-7-10)20-11-2-4-16(5-3-11)14-9-17/h6-9,11H,2-5H2,1H3. The summed E-state index contributed by atoms with van der Waals surface area (Å²) in [5, 5.41) is 0. The first-order valence-corrected chi connectivity index (χ1v) is 6.45. The molecule has 1 fully saturated rings. The molecule has 0 aliphatic carbocycles. The molecule has 0 bridgehead atoms. The Labute approximate surface area is 118 Å². The molecule has 1 aliphatic heterocycles. The van der Waals surface area contributed by atoms with E-state index in [1.807, 2.05) is 4.81 Å². The molecular weight excluding hydrogens is 259 g/mol. The first-order chi connectivity index (χ1) is 9.72. The minimum Gasteiger partial charge on any atom is -0.489 e. The number of hydrogen-bond acceptors (Lipinski definition) is 6. The Hall–Kier alpha value is -1.89. The monoisotopic (exact) mass is 275 g/mol. The van der Waals surface area contributed by atoms with Crippen molar-refractivity contribution in [3.63, 3.8) is 0 Å². The summed E-state index contributed by atoms with van der Waals surface area (Å²) < 4.78 is 10.5. The van der Waals surface area contributed by atoms with E-state index in [4.69, 9.17) is 4.74 Å². The van der Waals surface area contributed by atoms with E-state index in [0.29, 0.717) is 11.3 Å². The highest BCUT2D eigenvalue weighted by molar-refractivity contribution is 6.64. The average molecular weight is 275 g/mol. The van der Waals surface area contributed by atoms with Crippen LogP contribution >= 0.6 is 0 Å². The second-order valence-corrected chi connectivity index (χ2v) is 4.54. The number of rotatable bonds is 5. The van der Waals surface area contributed by atoms with Gasteiger partial charge < -0.3 is 19.1 Å². The van der Waals surface area contributed by atoms with E-state index in [0.717, 1.165) is 32.1 Å². The summed E-state index contributed by atoms with van der Waals surface area (Å²) in [6.07, 6.45) is 5.54. The van der Waals surface area contributed by atoms with E-state index in [1.165, 1.54) is 13.3 Å². The van der Waals surface area contributed by atoms with Crippen molar-refractivity contribution in [3.05, 3.63) is 24.0 Å². The van der Waals surface area contributed by atoms with Crippen molar-refractivity contribution < 1.29 is 19.1 Å². The summed E-state index contributed by atoms with van der Waals surface area (Å²) >= 11 is 0. The summed E-state index contributed by atoms with van der Waals surface area (Å²) in [5.74, 6) is 0.129.